The van der Waals surface area contributed by atoms with Gasteiger partial charge in [-0.2, -0.15) is 0 Å². The number of benzene rings is 2. The highest BCUT2D eigenvalue weighted by Crippen LogP contribution is 2.31. The van der Waals surface area contributed by atoms with Crippen LogP contribution in [0.2, 0.25) is 0 Å². The number of H-pyrrole nitrogens is 1. The highest BCUT2D eigenvalue weighted by atomic mass is 19.1. The predicted molar refractivity (Wildman–Crippen MR) is 123 cm³/mol. The number of hydrogen-bond donors (Lipinski definition) is 2. The molecular weight excluding hydrogens is 439 g/mol. The van der Waals surface area contributed by atoms with E-state index in [4.69, 9.17) is 9.47 Å². The van der Waals surface area contributed by atoms with Gasteiger partial charge in [-0.3, -0.25) is 4.79 Å². The van der Waals surface area contributed by atoms with Gasteiger partial charge in [-0.25, -0.2) is 14.1 Å². The third-order valence-corrected chi connectivity index (χ3v) is 5.26. The Bertz CT molecular complexity index is 1490. The van der Waals surface area contributed by atoms with E-state index < -0.39 is 11.7 Å². The number of aromatic nitrogens is 5. The molecule has 0 aliphatic rings. The summed E-state index contributed by atoms with van der Waals surface area (Å²) in [4.78, 5) is 19.9. The van der Waals surface area contributed by atoms with Gasteiger partial charge in [0.2, 0.25) is 0 Å². The molecule has 2 aromatic carbocycles. The number of nitrogens with zero attached hydrogens (tertiary/aromatic N) is 4. The summed E-state index contributed by atoms with van der Waals surface area (Å²) in [5, 5.41) is 11.4. The van der Waals surface area contributed by atoms with Crippen LogP contribution >= 0.6 is 0 Å². The predicted octanol–water partition coefficient (Wildman–Crippen LogP) is 4.64. The molecule has 1 amide bonds. The van der Waals surface area contributed by atoms with Crippen molar-refractivity contribution in [2.24, 2.45) is 0 Å². The Morgan fingerprint density at radius 3 is 2.68 bits per heavy atom. The molecule has 2 N–H and O–H groups in total. The van der Waals surface area contributed by atoms with E-state index in [9.17, 15) is 9.18 Å². The van der Waals surface area contributed by atoms with Crippen molar-refractivity contribution in [1.29, 1.82) is 0 Å². The molecule has 0 fully saturated rings. The molecule has 9 nitrogen and oxygen atoms in total. The van der Waals surface area contributed by atoms with Gasteiger partial charge in [-0.05, 0) is 55.5 Å². The van der Waals surface area contributed by atoms with Crippen LogP contribution in [0.3, 0.4) is 0 Å². The van der Waals surface area contributed by atoms with Crippen LogP contribution in [-0.2, 0) is 0 Å². The number of carbonyl (C=O) groups is 1. The van der Waals surface area contributed by atoms with E-state index in [1.54, 1.807) is 73.6 Å². The summed E-state index contributed by atoms with van der Waals surface area (Å²) in [6.45, 7) is 1.73. The lowest BCUT2D eigenvalue weighted by atomic mass is 10.2. The van der Waals surface area contributed by atoms with Crippen molar-refractivity contribution in [2.75, 3.05) is 12.4 Å². The number of anilines is 1. The maximum atomic E-state index is 14.7. The van der Waals surface area contributed by atoms with Crippen LogP contribution in [0.1, 0.15) is 16.2 Å². The second-order valence-electron chi connectivity index (χ2n) is 7.38. The number of pyridine rings is 1. The van der Waals surface area contributed by atoms with Crippen LogP contribution < -0.4 is 14.8 Å². The zero-order valence-corrected chi connectivity index (χ0v) is 18.2. The summed E-state index contributed by atoms with van der Waals surface area (Å²) in [6, 6.07) is 14.8. The molecule has 5 aromatic rings. The van der Waals surface area contributed by atoms with E-state index >= 15 is 0 Å². The molecule has 5 rings (SSSR count). The van der Waals surface area contributed by atoms with Crippen molar-refractivity contribution < 1.29 is 18.7 Å². The Morgan fingerprint density at radius 2 is 1.91 bits per heavy atom. The minimum absolute atomic E-state index is 0.0216. The number of amides is 1. The van der Waals surface area contributed by atoms with Gasteiger partial charge < -0.3 is 19.8 Å². The molecule has 0 aliphatic heterocycles. The van der Waals surface area contributed by atoms with E-state index in [0.717, 1.165) is 11.1 Å². The molecule has 0 unspecified atom stereocenters. The van der Waals surface area contributed by atoms with Gasteiger partial charge in [0.25, 0.3) is 5.91 Å². The number of carbonyl (C=O) groups excluding carboxylic acids is 1. The van der Waals surface area contributed by atoms with Gasteiger partial charge in [-0.1, -0.05) is 5.21 Å². The Kier molecular flexibility index (Phi) is 5.38. The van der Waals surface area contributed by atoms with Gasteiger partial charge in [0.1, 0.15) is 17.1 Å². The molecule has 0 bridgehead atoms. The molecule has 3 aromatic heterocycles. The minimum Gasteiger partial charge on any atom is -0.497 e. The first-order valence-electron chi connectivity index (χ1n) is 10.3. The number of fused-ring (bicyclic) bond motifs is 1. The third kappa shape index (κ3) is 3.92. The quantitative estimate of drug-likeness (QED) is 0.384. The molecule has 0 atom stereocenters. The smallest absolute Gasteiger partial charge is 0.278 e. The number of nitrogens with one attached hydrogen (secondary N) is 2. The fraction of sp³-hybridized carbons (Fsp3) is 0.0833. The first-order valence-corrected chi connectivity index (χ1v) is 10.3. The number of rotatable bonds is 6. The van der Waals surface area contributed by atoms with Crippen molar-refractivity contribution in [3.63, 3.8) is 0 Å². The molecule has 10 heteroatoms. The molecule has 0 saturated carbocycles. The highest BCUT2D eigenvalue weighted by Gasteiger charge is 2.18. The van der Waals surface area contributed by atoms with Crippen LogP contribution in [0.15, 0.2) is 67.0 Å². The van der Waals surface area contributed by atoms with Crippen molar-refractivity contribution in [2.45, 2.75) is 6.92 Å². The fourth-order valence-corrected chi connectivity index (χ4v) is 3.50. The van der Waals surface area contributed by atoms with E-state index in [1.807, 2.05) is 0 Å². The second kappa shape index (κ2) is 8.66. The largest absolute Gasteiger partial charge is 0.497 e. The average molecular weight is 458 g/mol. The molecule has 170 valence electrons. The number of aromatic amines is 1. The fourth-order valence-electron chi connectivity index (χ4n) is 3.50. The van der Waals surface area contributed by atoms with Crippen LogP contribution in [0.25, 0.3) is 16.7 Å². The van der Waals surface area contributed by atoms with Gasteiger partial charge >= 0.3 is 0 Å². The summed E-state index contributed by atoms with van der Waals surface area (Å²) < 4.78 is 27.2. The van der Waals surface area contributed by atoms with E-state index in [1.165, 1.54) is 12.1 Å². The maximum Gasteiger partial charge on any atom is 0.278 e. The topological polar surface area (TPSA) is 107 Å². The highest BCUT2D eigenvalue weighted by molar-refractivity contribution is 6.03. The van der Waals surface area contributed by atoms with Gasteiger partial charge in [0.15, 0.2) is 17.3 Å². The Morgan fingerprint density at radius 1 is 1.09 bits per heavy atom. The van der Waals surface area contributed by atoms with Crippen molar-refractivity contribution in [1.82, 2.24) is 25.0 Å². The van der Waals surface area contributed by atoms with Crippen LogP contribution in [0.5, 0.6) is 17.2 Å². The third-order valence-electron chi connectivity index (χ3n) is 5.26. The molecule has 0 spiro atoms. The molecule has 0 radical (unpaired) electrons. The van der Waals surface area contributed by atoms with E-state index in [2.05, 4.69) is 25.6 Å². The Balaban J connectivity index is 1.33. The second-order valence-corrected chi connectivity index (χ2v) is 7.38. The summed E-state index contributed by atoms with van der Waals surface area (Å²) in [7, 11) is 1.58. The zero-order valence-electron chi connectivity index (χ0n) is 18.2. The first-order chi connectivity index (χ1) is 16.5. The van der Waals surface area contributed by atoms with E-state index in [0.29, 0.717) is 22.8 Å². The lowest BCUT2D eigenvalue weighted by molar-refractivity contribution is 0.102. The lowest BCUT2D eigenvalue weighted by Gasteiger charge is -2.10. The Labute approximate surface area is 193 Å². The van der Waals surface area contributed by atoms with Gasteiger partial charge in [0, 0.05) is 24.1 Å². The standard InChI is InChI=1S/C24H19FN6O3/c1-14-22(29-30-31(14)16-4-6-17(33-2)7-5-16)24(32)28-15-3-8-21(19(25)13-15)34-20-10-12-27-23-18(20)9-11-26-23/h3-13H,1-2H3,(H,26,27)(H,28,32). The number of hydrogen-bond acceptors (Lipinski definition) is 6. The summed E-state index contributed by atoms with van der Waals surface area (Å²) in [5.41, 5.74) is 2.29. The van der Waals surface area contributed by atoms with Crippen LogP contribution in [0.4, 0.5) is 10.1 Å². The van der Waals surface area contributed by atoms with Crippen molar-refractivity contribution in [3.05, 3.63) is 84.2 Å². The summed E-state index contributed by atoms with van der Waals surface area (Å²) in [5.74, 6) is 0.0572. The zero-order chi connectivity index (χ0) is 23.7. The normalized spacial score (nSPS) is 10.9. The molecular formula is C24H19FN6O3. The first kappa shape index (κ1) is 21.1. The maximum absolute atomic E-state index is 14.7. The van der Waals surface area contributed by atoms with E-state index in [-0.39, 0.29) is 17.1 Å². The Hall–Kier alpha value is -4.73. The minimum atomic E-state index is -0.628. The van der Waals surface area contributed by atoms with Crippen LogP contribution in [-0.4, -0.2) is 38.0 Å². The molecule has 3 heterocycles. The van der Waals surface area contributed by atoms with Crippen molar-refractivity contribution in [3.8, 4) is 22.9 Å². The average Bonchev–Trinajstić information content (AvgIpc) is 3.48. The number of methoxy groups -OCH3 is 1. The van der Waals surface area contributed by atoms with Crippen LogP contribution in [0, 0.1) is 12.7 Å². The van der Waals surface area contributed by atoms with Gasteiger partial charge in [0.05, 0.1) is 23.9 Å². The molecule has 0 saturated heterocycles. The monoisotopic (exact) mass is 458 g/mol. The summed E-state index contributed by atoms with van der Waals surface area (Å²) in [6.07, 6.45) is 3.30. The van der Waals surface area contributed by atoms with Crippen molar-refractivity contribution >= 4 is 22.6 Å². The molecule has 0 aliphatic carbocycles. The number of halogens is 1. The van der Waals surface area contributed by atoms with Gasteiger partial charge in [-0.15, -0.1) is 5.10 Å². The summed E-state index contributed by atoms with van der Waals surface area (Å²) >= 11 is 0. The molecule has 34 heavy (non-hydrogen) atoms. The SMILES string of the molecule is COc1ccc(-n2nnc(C(=O)Nc3ccc(Oc4ccnc5[nH]ccc45)c(F)c3)c2C)cc1. The lowest BCUT2D eigenvalue weighted by Crippen LogP contribution is -2.14. The number of ether oxygens (including phenoxy) is 2.